The molecule has 21 heavy (non-hydrogen) atoms. The highest BCUT2D eigenvalue weighted by molar-refractivity contribution is 5.97. The number of halogens is 1. The van der Waals surface area contributed by atoms with Crippen molar-refractivity contribution in [3.8, 4) is 0 Å². The van der Waals surface area contributed by atoms with Crippen LogP contribution in [0.4, 0.5) is 5.69 Å². The summed E-state index contributed by atoms with van der Waals surface area (Å²) in [6.07, 6.45) is 0. The van der Waals surface area contributed by atoms with Crippen molar-refractivity contribution in [2.24, 2.45) is 0 Å². The normalized spacial score (nSPS) is 17.5. The second-order valence-corrected chi connectivity index (χ2v) is 4.85. The van der Waals surface area contributed by atoms with Crippen LogP contribution in [0.3, 0.4) is 0 Å². The molecule has 1 fully saturated rings. The van der Waals surface area contributed by atoms with E-state index >= 15 is 0 Å². The summed E-state index contributed by atoms with van der Waals surface area (Å²) in [7, 11) is 3.40. The molecule has 0 spiro atoms. The van der Waals surface area contributed by atoms with Gasteiger partial charge in [0.05, 0.1) is 13.2 Å². The van der Waals surface area contributed by atoms with Gasteiger partial charge in [-0.3, -0.25) is 9.59 Å². The maximum Gasteiger partial charge on any atom is 0.253 e. The Balaban J connectivity index is 0.00000220. The van der Waals surface area contributed by atoms with Gasteiger partial charge in [0.15, 0.2) is 0 Å². The van der Waals surface area contributed by atoms with Gasteiger partial charge in [-0.25, -0.2) is 0 Å². The summed E-state index contributed by atoms with van der Waals surface area (Å²) in [5, 5.41) is 5.89. The fraction of sp³-hybridized carbons (Fsp3) is 0.429. The van der Waals surface area contributed by atoms with Gasteiger partial charge < -0.3 is 20.3 Å². The Morgan fingerprint density at radius 3 is 2.48 bits per heavy atom. The van der Waals surface area contributed by atoms with E-state index in [1.807, 2.05) is 0 Å². The van der Waals surface area contributed by atoms with Crippen molar-refractivity contribution < 1.29 is 14.3 Å². The van der Waals surface area contributed by atoms with Gasteiger partial charge in [0.25, 0.3) is 5.91 Å². The van der Waals surface area contributed by atoms with Gasteiger partial charge in [-0.05, 0) is 24.3 Å². The molecular weight excluding hydrogens is 294 g/mol. The largest absolute Gasteiger partial charge is 0.378 e. The number of ether oxygens (including phenoxy) is 1. The molecule has 116 valence electrons. The predicted octanol–water partition coefficient (Wildman–Crippen LogP) is 0.737. The lowest BCUT2D eigenvalue weighted by atomic mass is 10.1. The number of amides is 2. The molecular formula is C14H20ClN3O3. The number of anilines is 1. The van der Waals surface area contributed by atoms with Crippen LogP contribution in [0.15, 0.2) is 24.3 Å². The molecule has 2 N–H and O–H groups in total. The van der Waals surface area contributed by atoms with Gasteiger partial charge in [0.2, 0.25) is 5.91 Å². The first-order valence-electron chi connectivity index (χ1n) is 6.51. The van der Waals surface area contributed by atoms with Crippen LogP contribution >= 0.6 is 12.4 Å². The number of nitrogens with zero attached hydrogens (tertiary/aromatic N) is 1. The van der Waals surface area contributed by atoms with E-state index < -0.39 is 0 Å². The average molecular weight is 314 g/mol. The van der Waals surface area contributed by atoms with Gasteiger partial charge in [-0.1, -0.05) is 0 Å². The molecule has 0 aromatic heterocycles. The molecule has 0 aliphatic carbocycles. The van der Waals surface area contributed by atoms with Crippen molar-refractivity contribution in [1.82, 2.24) is 10.2 Å². The molecule has 1 aromatic rings. The molecule has 1 aromatic carbocycles. The first-order chi connectivity index (χ1) is 9.58. The van der Waals surface area contributed by atoms with Crippen molar-refractivity contribution in [1.29, 1.82) is 0 Å². The van der Waals surface area contributed by atoms with E-state index in [0.29, 0.717) is 31.0 Å². The lowest BCUT2D eigenvalue weighted by molar-refractivity contribution is -0.120. The molecule has 1 unspecified atom stereocenters. The van der Waals surface area contributed by atoms with Crippen LogP contribution in [0, 0.1) is 0 Å². The smallest absolute Gasteiger partial charge is 0.253 e. The topological polar surface area (TPSA) is 70.7 Å². The summed E-state index contributed by atoms with van der Waals surface area (Å²) >= 11 is 0. The lowest BCUT2D eigenvalue weighted by Crippen LogP contribution is -2.48. The van der Waals surface area contributed by atoms with E-state index in [1.54, 1.807) is 38.4 Å². The number of nitrogens with one attached hydrogen (secondary N) is 2. The summed E-state index contributed by atoms with van der Waals surface area (Å²) in [5.41, 5.74) is 1.25. The SMILES string of the molecule is CN(C)C(=O)c1ccc(NC(=O)C2COCCN2)cc1.Cl. The van der Waals surface area contributed by atoms with E-state index in [9.17, 15) is 9.59 Å². The van der Waals surface area contributed by atoms with Gasteiger partial charge in [-0.15, -0.1) is 12.4 Å². The van der Waals surface area contributed by atoms with Gasteiger partial charge in [-0.2, -0.15) is 0 Å². The van der Waals surface area contributed by atoms with Crippen LogP contribution < -0.4 is 10.6 Å². The molecule has 1 aliphatic rings. The number of hydrogen-bond acceptors (Lipinski definition) is 4. The molecule has 2 amide bonds. The van der Waals surface area contributed by atoms with E-state index in [2.05, 4.69) is 10.6 Å². The number of carbonyl (C=O) groups is 2. The summed E-state index contributed by atoms with van der Waals surface area (Å²) in [5.74, 6) is -0.193. The molecule has 0 saturated carbocycles. The van der Waals surface area contributed by atoms with Crippen LogP contribution in [-0.4, -0.2) is 56.6 Å². The van der Waals surface area contributed by atoms with Crippen molar-refractivity contribution >= 4 is 29.9 Å². The molecule has 7 heteroatoms. The molecule has 1 atom stereocenters. The summed E-state index contributed by atoms with van der Waals surface area (Å²) in [4.78, 5) is 25.2. The zero-order chi connectivity index (χ0) is 14.5. The van der Waals surface area contributed by atoms with Gasteiger partial charge in [0, 0.05) is 31.9 Å². The molecule has 1 heterocycles. The van der Waals surface area contributed by atoms with Crippen LogP contribution in [0.25, 0.3) is 0 Å². The highest BCUT2D eigenvalue weighted by Gasteiger charge is 2.21. The Morgan fingerprint density at radius 2 is 1.95 bits per heavy atom. The monoisotopic (exact) mass is 313 g/mol. The van der Waals surface area contributed by atoms with E-state index in [4.69, 9.17) is 4.74 Å². The maximum atomic E-state index is 12.0. The van der Waals surface area contributed by atoms with Crippen LogP contribution in [0.2, 0.25) is 0 Å². The zero-order valence-electron chi connectivity index (χ0n) is 12.1. The fourth-order valence-corrected chi connectivity index (χ4v) is 1.92. The Morgan fingerprint density at radius 1 is 1.29 bits per heavy atom. The fourth-order valence-electron chi connectivity index (χ4n) is 1.92. The van der Waals surface area contributed by atoms with Gasteiger partial charge >= 0.3 is 0 Å². The number of benzene rings is 1. The Hall–Kier alpha value is -1.63. The Labute approximate surface area is 130 Å². The quantitative estimate of drug-likeness (QED) is 0.863. The van der Waals surface area contributed by atoms with Gasteiger partial charge in [0.1, 0.15) is 6.04 Å². The lowest BCUT2D eigenvalue weighted by Gasteiger charge is -2.22. The first kappa shape index (κ1) is 17.4. The third-order valence-electron chi connectivity index (χ3n) is 3.04. The second kappa shape index (κ2) is 7.97. The predicted molar refractivity (Wildman–Crippen MR) is 82.9 cm³/mol. The number of rotatable bonds is 3. The average Bonchev–Trinajstić information content (AvgIpc) is 2.48. The van der Waals surface area contributed by atoms with Crippen molar-refractivity contribution in [2.45, 2.75) is 6.04 Å². The minimum atomic E-state index is -0.327. The van der Waals surface area contributed by atoms with Crippen LogP contribution in [0.5, 0.6) is 0 Å². The first-order valence-corrected chi connectivity index (χ1v) is 6.51. The number of morpholine rings is 1. The van der Waals surface area contributed by atoms with E-state index in [0.717, 1.165) is 0 Å². The maximum absolute atomic E-state index is 12.0. The zero-order valence-corrected chi connectivity index (χ0v) is 12.9. The minimum absolute atomic E-state index is 0. The molecule has 6 nitrogen and oxygen atoms in total. The molecule has 1 saturated heterocycles. The van der Waals surface area contributed by atoms with Crippen molar-refractivity contribution in [2.75, 3.05) is 39.2 Å². The highest BCUT2D eigenvalue weighted by atomic mass is 35.5. The second-order valence-electron chi connectivity index (χ2n) is 4.85. The molecule has 0 radical (unpaired) electrons. The minimum Gasteiger partial charge on any atom is -0.378 e. The van der Waals surface area contributed by atoms with Crippen LogP contribution in [-0.2, 0) is 9.53 Å². The van der Waals surface area contributed by atoms with E-state index in [-0.39, 0.29) is 30.3 Å². The summed E-state index contributed by atoms with van der Waals surface area (Å²) in [6.45, 7) is 1.68. The number of hydrogen-bond donors (Lipinski definition) is 2. The third-order valence-corrected chi connectivity index (χ3v) is 3.04. The number of carbonyl (C=O) groups excluding carboxylic acids is 2. The van der Waals surface area contributed by atoms with Crippen molar-refractivity contribution in [3.63, 3.8) is 0 Å². The molecule has 0 bridgehead atoms. The molecule has 2 rings (SSSR count). The third kappa shape index (κ3) is 4.70. The Kier molecular flexibility index (Phi) is 6.61. The van der Waals surface area contributed by atoms with E-state index in [1.165, 1.54) is 4.90 Å². The molecule has 1 aliphatic heterocycles. The summed E-state index contributed by atoms with van der Waals surface area (Å²) in [6, 6.07) is 6.51. The highest BCUT2D eigenvalue weighted by Crippen LogP contribution is 2.11. The van der Waals surface area contributed by atoms with Crippen LogP contribution in [0.1, 0.15) is 10.4 Å². The van der Waals surface area contributed by atoms with Crippen molar-refractivity contribution in [3.05, 3.63) is 29.8 Å². The Bertz CT molecular complexity index is 485. The summed E-state index contributed by atoms with van der Waals surface area (Å²) < 4.78 is 5.24. The standard InChI is InChI=1S/C14H19N3O3.ClH/c1-17(2)14(19)10-3-5-11(6-4-10)16-13(18)12-9-20-8-7-15-12;/h3-6,12,15H,7-9H2,1-2H3,(H,16,18);1H.